The molecule has 22 heavy (non-hydrogen) atoms. The summed E-state index contributed by atoms with van der Waals surface area (Å²) in [7, 11) is 3.55. The molecule has 130 valence electrons. The van der Waals surface area contributed by atoms with E-state index in [0.717, 1.165) is 12.5 Å². The van der Waals surface area contributed by atoms with Crippen LogP contribution >= 0.6 is 0 Å². The van der Waals surface area contributed by atoms with E-state index in [1.165, 1.54) is 38.8 Å². The number of methoxy groups -OCH3 is 1. The molecule has 0 radical (unpaired) electrons. The number of likely N-dealkylation sites (tertiary alicyclic amines) is 1. The van der Waals surface area contributed by atoms with Gasteiger partial charge in [0.05, 0.1) is 6.61 Å². The SMILES string of the molecule is CN=C(NCC(C(C)C)N1CCCCCC1)NC(C)COC. The molecule has 0 amide bonds. The van der Waals surface area contributed by atoms with Gasteiger partial charge in [-0.1, -0.05) is 26.7 Å². The Morgan fingerprint density at radius 3 is 2.27 bits per heavy atom. The smallest absolute Gasteiger partial charge is 0.191 e. The number of hydrogen-bond donors (Lipinski definition) is 2. The molecule has 5 nitrogen and oxygen atoms in total. The first-order valence-electron chi connectivity index (χ1n) is 8.78. The van der Waals surface area contributed by atoms with E-state index >= 15 is 0 Å². The normalized spacial score (nSPS) is 20.5. The number of rotatable bonds is 7. The van der Waals surface area contributed by atoms with Gasteiger partial charge >= 0.3 is 0 Å². The van der Waals surface area contributed by atoms with E-state index in [1.54, 1.807) is 7.11 Å². The lowest BCUT2D eigenvalue weighted by atomic mass is 10.0. The van der Waals surface area contributed by atoms with Crippen LogP contribution in [0.4, 0.5) is 0 Å². The highest BCUT2D eigenvalue weighted by molar-refractivity contribution is 5.79. The highest BCUT2D eigenvalue weighted by atomic mass is 16.5. The second-order valence-electron chi connectivity index (χ2n) is 6.72. The van der Waals surface area contributed by atoms with Crippen LogP contribution in [-0.4, -0.2) is 63.3 Å². The molecule has 0 aromatic rings. The van der Waals surface area contributed by atoms with Crippen LogP contribution in [0.3, 0.4) is 0 Å². The molecule has 1 aliphatic heterocycles. The lowest BCUT2D eigenvalue weighted by molar-refractivity contribution is 0.160. The molecular weight excluding hydrogens is 276 g/mol. The molecule has 0 saturated carbocycles. The Morgan fingerprint density at radius 1 is 1.14 bits per heavy atom. The Bertz CT molecular complexity index is 312. The van der Waals surface area contributed by atoms with Gasteiger partial charge in [0, 0.05) is 32.8 Å². The summed E-state index contributed by atoms with van der Waals surface area (Å²) in [5.41, 5.74) is 0. The predicted molar refractivity (Wildman–Crippen MR) is 94.5 cm³/mol. The summed E-state index contributed by atoms with van der Waals surface area (Å²) < 4.78 is 5.17. The largest absolute Gasteiger partial charge is 0.383 e. The predicted octanol–water partition coefficient (Wildman–Crippen LogP) is 2.09. The molecule has 1 saturated heterocycles. The van der Waals surface area contributed by atoms with Crippen LogP contribution < -0.4 is 10.6 Å². The first-order valence-corrected chi connectivity index (χ1v) is 8.78. The Morgan fingerprint density at radius 2 is 1.77 bits per heavy atom. The van der Waals surface area contributed by atoms with Crippen molar-refractivity contribution >= 4 is 5.96 Å². The van der Waals surface area contributed by atoms with Crippen molar-refractivity contribution < 1.29 is 4.74 Å². The van der Waals surface area contributed by atoms with Crippen LogP contribution in [0, 0.1) is 5.92 Å². The first kappa shape index (κ1) is 19.2. The van der Waals surface area contributed by atoms with E-state index in [4.69, 9.17) is 4.74 Å². The van der Waals surface area contributed by atoms with Crippen molar-refractivity contribution in [2.24, 2.45) is 10.9 Å². The maximum absolute atomic E-state index is 5.17. The van der Waals surface area contributed by atoms with Crippen molar-refractivity contribution in [2.45, 2.75) is 58.5 Å². The Kier molecular flexibility index (Phi) is 9.48. The van der Waals surface area contributed by atoms with E-state index in [0.29, 0.717) is 18.6 Å². The van der Waals surface area contributed by atoms with Gasteiger partial charge in [0.15, 0.2) is 5.96 Å². The molecule has 0 aromatic carbocycles. The van der Waals surface area contributed by atoms with Crippen molar-refractivity contribution in [3.8, 4) is 0 Å². The lowest BCUT2D eigenvalue weighted by Gasteiger charge is -2.34. The molecule has 0 aromatic heterocycles. The van der Waals surface area contributed by atoms with Crippen molar-refractivity contribution in [1.82, 2.24) is 15.5 Å². The number of nitrogens with one attached hydrogen (secondary N) is 2. The maximum Gasteiger partial charge on any atom is 0.191 e. The van der Waals surface area contributed by atoms with Gasteiger partial charge in [0.2, 0.25) is 0 Å². The third-order valence-corrected chi connectivity index (χ3v) is 4.38. The number of nitrogens with zero attached hydrogens (tertiary/aromatic N) is 2. The summed E-state index contributed by atoms with van der Waals surface area (Å²) in [6.07, 6.45) is 5.43. The molecule has 2 N–H and O–H groups in total. The second kappa shape index (κ2) is 10.8. The highest BCUT2D eigenvalue weighted by Gasteiger charge is 2.23. The molecule has 1 fully saturated rings. The zero-order valence-corrected chi connectivity index (χ0v) is 15.2. The summed E-state index contributed by atoms with van der Waals surface area (Å²) in [6, 6.07) is 0.821. The first-order chi connectivity index (χ1) is 10.6. The summed E-state index contributed by atoms with van der Waals surface area (Å²) in [4.78, 5) is 6.99. The van der Waals surface area contributed by atoms with Gasteiger partial charge in [-0.3, -0.25) is 9.89 Å². The van der Waals surface area contributed by atoms with E-state index < -0.39 is 0 Å². The van der Waals surface area contributed by atoms with Gasteiger partial charge in [-0.25, -0.2) is 0 Å². The Hall–Kier alpha value is -0.810. The van der Waals surface area contributed by atoms with E-state index in [9.17, 15) is 0 Å². The summed E-state index contributed by atoms with van der Waals surface area (Å²) in [5, 5.41) is 6.87. The minimum Gasteiger partial charge on any atom is -0.383 e. The Balaban J connectivity index is 2.51. The number of ether oxygens (including phenoxy) is 1. The minimum atomic E-state index is 0.256. The van der Waals surface area contributed by atoms with Crippen molar-refractivity contribution in [1.29, 1.82) is 0 Å². The van der Waals surface area contributed by atoms with Gasteiger partial charge in [-0.2, -0.15) is 0 Å². The average Bonchev–Trinajstić information content (AvgIpc) is 2.75. The number of hydrogen-bond acceptors (Lipinski definition) is 3. The fraction of sp³-hybridized carbons (Fsp3) is 0.941. The second-order valence-corrected chi connectivity index (χ2v) is 6.72. The monoisotopic (exact) mass is 312 g/mol. The summed E-state index contributed by atoms with van der Waals surface area (Å²) in [6.45, 7) is 10.8. The molecule has 0 spiro atoms. The third kappa shape index (κ3) is 6.97. The van der Waals surface area contributed by atoms with Crippen LogP contribution in [0.25, 0.3) is 0 Å². The van der Waals surface area contributed by atoms with Gasteiger partial charge in [0.25, 0.3) is 0 Å². The molecule has 1 rings (SSSR count). The molecule has 1 heterocycles. The maximum atomic E-state index is 5.17. The van der Waals surface area contributed by atoms with Crippen molar-refractivity contribution in [2.75, 3.05) is 40.4 Å². The van der Waals surface area contributed by atoms with Crippen LogP contribution in [-0.2, 0) is 4.74 Å². The van der Waals surface area contributed by atoms with E-state index in [1.807, 2.05) is 7.05 Å². The zero-order valence-electron chi connectivity index (χ0n) is 15.2. The molecule has 0 bridgehead atoms. The van der Waals surface area contributed by atoms with Crippen molar-refractivity contribution in [3.05, 3.63) is 0 Å². The van der Waals surface area contributed by atoms with E-state index in [-0.39, 0.29) is 6.04 Å². The molecule has 2 atom stereocenters. The fourth-order valence-electron chi connectivity index (χ4n) is 3.13. The van der Waals surface area contributed by atoms with Crippen LogP contribution in [0.15, 0.2) is 4.99 Å². The lowest BCUT2D eigenvalue weighted by Crippen LogP contribution is -2.51. The Labute approximate surface area is 136 Å². The average molecular weight is 313 g/mol. The summed E-state index contributed by atoms with van der Waals surface area (Å²) >= 11 is 0. The summed E-state index contributed by atoms with van der Waals surface area (Å²) in [5.74, 6) is 1.50. The number of aliphatic imine (C=N–C) groups is 1. The van der Waals surface area contributed by atoms with E-state index in [2.05, 4.69) is 41.3 Å². The molecular formula is C17H36N4O. The molecule has 5 heteroatoms. The van der Waals surface area contributed by atoms with Crippen molar-refractivity contribution in [3.63, 3.8) is 0 Å². The zero-order chi connectivity index (χ0) is 16.4. The number of guanidine groups is 1. The van der Waals surface area contributed by atoms with Crippen LogP contribution in [0.2, 0.25) is 0 Å². The van der Waals surface area contributed by atoms with Crippen LogP contribution in [0.5, 0.6) is 0 Å². The third-order valence-electron chi connectivity index (χ3n) is 4.38. The van der Waals surface area contributed by atoms with Crippen LogP contribution in [0.1, 0.15) is 46.5 Å². The quantitative estimate of drug-likeness (QED) is 0.558. The van der Waals surface area contributed by atoms with Gasteiger partial charge < -0.3 is 15.4 Å². The fourth-order valence-corrected chi connectivity index (χ4v) is 3.13. The molecule has 0 aliphatic carbocycles. The van der Waals surface area contributed by atoms with Gasteiger partial charge in [-0.05, 0) is 38.8 Å². The topological polar surface area (TPSA) is 48.9 Å². The standard InChI is InChI=1S/C17H36N4O/c1-14(2)16(21-10-8-6-7-9-11-21)12-19-17(18-4)20-15(3)13-22-5/h14-16H,6-13H2,1-5H3,(H2,18,19,20). The molecule has 1 aliphatic rings. The van der Waals surface area contributed by atoms with Gasteiger partial charge in [-0.15, -0.1) is 0 Å². The highest BCUT2D eigenvalue weighted by Crippen LogP contribution is 2.17. The van der Waals surface area contributed by atoms with Gasteiger partial charge in [0.1, 0.15) is 0 Å². The molecule has 2 unspecified atom stereocenters. The minimum absolute atomic E-state index is 0.256.